The lowest BCUT2D eigenvalue weighted by Crippen LogP contribution is -2.65. The molecule has 1 heterocycles. The van der Waals surface area contributed by atoms with Gasteiger partial charge in [0.05, 0.1) is 6.04 Å². The van der Waals surface area contributed by atoms with Gasteiger partial charge in [-0.25, -0.2) is 4.79 Å². The van der Waals surface area contributed by atoms with Crippen LogP contribution in [0.4, 0.5) is 4.79 Å². The number of nitrogens with zero attached hydrogens (tertiary/aromatic N) is 2. The summed E-state index contributed by atoms with van der Waals surface area (Å²) in [5.41, 5.74) is -0.442. The van der Waals surface area contributed by atoms with Gasteiger partial charge in [-0.1, -0.05) is 78.3 Å². The highest BCUT2D eigenvalue weighted by atomic mass is 16.2. The zero-order valence-corrected chi connectivity index (χ0v) is 35.3. The van der Waals surface area contributed by atoms with Crippen molar-refractivity contribution in [1.82, 2.24) is 25.8 Å². The van der Waals surface area contributed by atoms with E-state index in [0.717, 1.165) is 19.3 Å². The predicted molar refractivity (Wildman–Crippen MR) is 215 cm³/mol. The van der Waals surface area contributed by atoms with Crippen LogP contribution >= 0.6 is 0 Å². The average molecular weight is 788 g/mol. The minimum absolute atomic E-state index is 0.0883. The number of benzene rings is 1. The normalized spacial score (nSPS) is 29.4. The predicted octanol–water partition coefficient (Wildman–Crippen LogP) is 5.39. The van der Waals surface area contributed by atoms with Crippen LogP contribution in [0.3, 0.4) is 0 Å². The first-order chi connectivity index (χ1) is 26.7. The summed E-state index contributed by atoms with van der Waals surface area (Å²) in [6.45, 7) is 12.2. The third-order valence-electron chi connectivity index (χ3n) is 14.1. The monoisotopic (exact) mass is 787 g/mol. The highest BCUT2D eigenvalue weighted by molar-refractivity contribution is 6.38. The Morgan fingerprint density at radius 1 is 0.877 bits per heavy atom. The zero-order chi connectivity index (χ0) is 41.6. The number of hydrogen-bond donors (Lipinski definition) is 3. The molecule has 1 aromatic carbocycles. The molecule has 6 atom stereocenters. The van der Waals surface area contributed by atoms with E-state index in [1.807, 2.05) is 27.7 Å². The highest BCUT2D eigenvalue weighted by Gasteiger charge is 2.69. The van der Waals surface area contributed by atoms with Crippen molar-refractivity contribution >= 4 is 41.1 Å². The molecule has 5 amide bonds. The summed E-state index contributed by atoms with van der Waals surface area (Å²) in [6.07, 6.45) is 6.75. The molecular weight excluding hydrogens is 723 g/mol. The molecule has 3 N–H and O–H groups in total. The molecule has 12 nitrogen and oxygen atoms in total. The van der Waals surface area contributed by atoms with Gasteiger partial charge in [-0.3, -0.25) is 28.8 Å². The second kappa shape index (κ2) is 16.3. The van der Waals surface area contributed by atoms with Gasteiger partial charge in [0, 0.05) is 51.4 Å². The molecule has 12 heteroatoms. The van der Waals surface area contributed by atoms with Crippen LogP contribution in [0.5, 0.6) is 0 Å². The number of carbonyl (C=O) groups is 7. The summed E-state index contributed by atoms with van der Waals surface area (Å²) >= 11 is 0. The molecule has 1 unspecified atom stereocenters. The molecule has 312 valence electrons. The number of rotatable bonds is 16. The summed E-state index contributed by atoms with van der Waals surface area (Å²) in [5, 5.41) is 9.12. The Morgan fingerprint density at radius 3 is 2.02 bits per heavy atom. The number of likely N-dealkylation sites (N-methyl/N-ethyl adjacent to an activating group) is 1. The second-order valence-electron chi connectivity index (χ2n) is 20.1. The number of amides is 5. The quantitative estimate of drug-likeness (QED) is 0.189. The number of piperidine rings is 1. The number of nitrogens with one attached hydrogen (secondary N) is 3. The van der Waals surface area contributed by atoms with Gasteiger partial charge < -0.3 is 25.8 Å². The largest absolute Gasteiger partial charge is 0.347 e. The maximum atomic E-state index is 14.6. The molecule has 1 aliphatic heterocycles. The van der Waals surface area contributed by atoms with E-state index in [4.69, 9.17) is 0 Å². The Hall–Kier alpha value is -4.09. The topological polar surface area (TPSA) is 162 Å². The number of likely N-dealkylation sites (tertiary alicyclic amines) is 1. The molecule has 5 saturated carbocycles. The van der Waals surface area contributed by atoms with Gasteiger partial charge in [0.2, 0.25) is 23.5 Å². The van der Waals surface area contributed by atoms with Crippen LogP contribution in [0.2, 0.25) is 0 Å². The highest BCUT2D eigenvalue weighted by Crippen LogP contribution is 2.65. The van der Waals surface area contributed by atoms with Crippen molar-refractivity contribution in [3.63, 3.8) is 0 Å². The van der Waals surface area contributed by atoms with Crippen molar-refractivity contribution in [1.29, 1.82) is 0 Å². The number of ketones is 3. The van der Waals surface area contributed by atoms with Crippen molar-refractivity contribution in [3.05, 3.63) is 35.9 Å². The van der Waals surface area contributed by atoms with Crippen LogP contribution in [0.25, 0.3) is 0 Å². The molecule has 7 rings (SSSR count). The van der Waals surface area contributed by atoms with Crippen LogP contribution in [-0.4, -0.2) is 89.2 Å². The van der Waals surface area contributed by atoms with E-state index in [1.54, 1.807) is 49.3 Å². The van der Waals surface area contributed by atoms with Gasteiger partial charge in [-0.2, -0.15) is 0 Å². The standard InChI is InChI=1S/C45H65N5O7/c1-9-13-30(38(54)32(51)16-17-34(53)46-36(40(55)49(7)8)29-14-11-10-12-15-29)21-33(52)37-35-31(44(35,5)6)25-50(37)41(56)39(43(2,3)4)47-42(57)48-45-22-26-18-27(23-45)20-28(19-26)24-45/h10-12,14-15,26-28,30-31,35-37,39H,9,13,16-25H2,1-8H3,(H,46,53)(H2,47,48,57)/t26?,27?,28?,30?,31-,35-,36-,37+,39+,45?/m0/s1. The van der Waals surface area contributed by atoms with Gasteiger partial charge in [-0.05, 0) is 90.9 Å². The Kier molecular flexibility index (Phi) is 12.1. The smallest absolute Gasteiger partial charge is 0.315 e. The van der Waals surface area contributed by atoms with Crippen LogP contribution in [0.15, 0.2) is 30.3 Å². The van der Waals surface area contributed by atoms with Crippen molar-refractivity contribution in [2.75, 3.05) is 20.6 Å². The van der Waals surface area contributed by atoms with E-state index >= 15 is 0 Å². The van der Waals surface area contributed by atoms with Crippen molar-refractivity contribution in [2.24, 2.45) is 46.3 Å². The fourth-order valence-corrected chi connectivity index (χ4v) is 11.4. The first-order valence-electron chi connectivity index (χ1n) is 21.3. The number of Topliss-reactive ketones (excluding diaryl/α,β-unsaturated/α-hetero) is 3. The number of hydrogen-bond acceptors (Lipinski definition) is 7. The van der Waals surface area contributed by atoms with E-state index in [-0.39, 0.29) is 65.7 Å². The SMILES string of the molecule is CCCC(CC(=O)[C@@H]1[C@@H]2[C@H](CN1C(=O)[C@@H](NC(=O)NC13CC4CC(CC(C4)C1)C3)C(C)(C)C)C2(C)C)C(=O)C(=O)CCC(=O)N[C@H](C(=O)N(C)C)c1ccccc1. The summed E-state index contributed by atoms with van der Waals surface area (Å²) in [5.74, 6) is -1.76. The molecule has 0 radical (unpaired) electrons. The van der Waals surface area contributed by atoms with E-state index in [2.05, 4.69) is 29.8 Å². The van der Waals surface area contributed by atoms with Crippen molar-refractivity contribution in [3.8, 4) is 0 Å². The lowest BCUT2D eigenvalue weighted by Gasteiger charge is -2.56. The van der Waals surface area contributed by atoms with Gasteiger partial charge >= 0.3 is 6.03 Å². The Bertz CT molecular complexity index is 1710. The molecule has 57 heavy (non-hydrogen) atoms. The van der Waals surface area contributed by atoms with E-state index in [1.165, 1.54) is 24.2 Å². The first kappa shape index (κ1) is 42.5. The summed E-state index contributed by atoms with van der Waals surface area (Å²) in [6, 6.07) is 5.88. The first-order valence-corrected chi connectivity index (χ1v) is 21.3. The minimum atomic E-state index is -0.943. The molecule has 0 aromatic heterocycles. The van der Waals surface area contributed by atoms with Gasteiger partial charge in [0.15, 0.2) is 11.6 Å². The summed E-state index contributed by atoms with van der Waals surface area (Å²) < 4.78 is 0. The Balaban J connectivity index is 1.10. The second-order valence-corrected chi connectivity index (χ2v) is 20.1. The maximum Gasteiger partial charge on any atom is 0.315 e. The molecular formula is C45H65N5O7. The third kappa shape index (κ3) is 8.99. The van der Waals surface area contributed by atoms with Gasteiger partial charge in [-0.15, -0.1) is 0 Å². The number of urea groups is 1. The van der Waals surface area contributed by atoms with Gasteiger partial charge in [0.25, 0.3) is 0 Å². The fourth-order valence-electron chi connectivity index (χ4n) is 11.4. The molecule has 4 bridgehead atoms. The average Bonchev–Trinajstić information content (AvgIpc) is 3.43. The lowest BCUT2D eigenvalue weighted by atomic mass is 9.53. The van der Waals surface area contributed by atoms with Crippen LogP contribution in [-0.2, 0) is 28.8 Å². The summed E-state index contributed by atoms with van der Waals surface area (Å²) in [4.78, 5) is 98.6. The van der Waals surface area contributed by atoms with E-state index < -0.39 is 46.9 Å². The minimum Gasteiger partial charge on any atom is -0.347 e. The Morgan fingerprint density at radius 2 is 1.47 bits per heavy atom. The van der Waals surface area contributed by atoms with Crippen molar-refractivity contribution < 1.29 is 33.6 Å². The Labute approximate surface area is 338 Å². The summed E-state index contributed by atoms with van der Waals surface area (Å²) in [7, 11) is 3.18. The lowest BCUT2D eigenvalue weighted by molar-refractivity contribution is -0.145. The van der Waals surface area contributed by atoms with E-state index in [9.17, 15) is 33.6 Å². The molecule has 6 aliphatic rings. The molecule has 5 aliphatic carbocycles. The molecule has 6 fully saturated rings. The fraction of sp³-hybridized carbons (Fsp3) is 0.711. The van der Waals surface area contributed by atoms with Crippen LogP contribution in [0, 0.1) is 46.3 Å². The number of fused-ring (bicyclic) bond motifs is 1. The van der Waals surface area contributed by atoms with Crippen molar-refractivity contribution in [2.45, 2.75) is 136 Å². The third-order valence-corrected chi connectivity index (χ3v) is 14.1. The van der Waals surface area contributed by atoms with Crippen LogP contribution in [0.1, 0.15) is 124 Å². The molecule has 0 spiro atoms. The number of carbonyl (C=O) groups excluding carboxylic acids is 7. The molecule has 1 saturated heterocycles. The van der Waals surface area contributed by atoms with E-state index in [0.29, 0.717) is 42.7 Å². The van der Waals surface area contributed by atoms with Crippen LogP contribution < -0.4 is 16.0 Å². The maximum absolute atomic E-state index is 14.6. The van der Waals surface area contributed by atoms with Gasteiger partial charge in [0.1, 0.15) is 12.1 Å². The molecule has 1 aromatic rings. The zero-order valence-electron chi connectivity index (χ0n) is 35.3.